The SMILES string of the molecule is CC(C)c1c(N)sc2c(-c3ccccc3OC(C)(C)O)noc12. The molecular formula is C17H20N2O3S. The van der Waals surface area contributed by atoms with Crippen molar-refractivity contribution in [3.8, 4) is 17.0 Å². The number of nitrogens with two attached hydrogens (primary N) is 1. The molecule has 2 heterocycles. The van der Waals surface area contributed by atoms with Gasteiger partial charge in [0.2, 0.25) is 5.79 Å². The van der Waals surface area contributed by atoms with Crippen LogP contribution < -0.4 is 10.5 Å². The first-order valence-corrected chi connectivity index (χ1v) is 8.28. The number of aromatic nitrogens is 1. The van der Waals surface area contributed by atoms with Crippen LogP contribution in [0.3, 0.4) is 0 Å². The quantitative estimate of drug-likeness (QED) is 0.693. The Labute approximate surface area is 138 Å². The molecule has 1 aromatic carbocycles. The van der Waals surface area contributed by atoms with Gasteiger partial charge in [-0.05, 0) is 18.1 Å². The molecule has 2 aromatic heterocycles. The molecule has 3 aromatic rings. The highest BCUT2D eigenvalue weighted by Crippen LogP contribution is 2.44. The fraction of sp³-hybridized carbons (Fsp3) is 0.353. The predicted octanol–water partition coefficient (Wildman–Crippen LogP) is 4.37. The highest BCUT2D eigenvalue weighted by molar-refractivity contribution is 7.23. The summed E-state index contributed by atoms with van der Waals surface area (Å²) in [4.78, 5) is 0. The van der Waals surface area contributed by atoms with Gasteiger partial charge < -0.3 is 20.1 Å². The van der Waals surface area contributed by atoms with Gasteiger partial charge in [-0.2, -0.15) is 0 Å². The van der Waals surface area contributed by atoms with Crippen LogP contribution in [0.15, 0.2) is 28.8 Å². The van der Waals surface area contributed by atoms with E-state index in [0.29, 0.717) is 11.4 Å². The van der Waals surface area contributed by atoms with Crippen molar-refractivity contribution in [2.24, 2.45) is 0 Å². The second kappa shape index (κ2) is 5.54. The molecule has 23 heavy (non-hydrogen) atoms. The van der Waals surface area contributed by atoms with E-state index in [4.69, 9.17) is 15.0 Å². The Morgan fingerprint density at radius 1 is 1.30 bits per heavy atom. The number of hydrogen-bond donors (Lipinski definition) is 2. The number of aliphatic hydroxyl groups is 1. The molecule has 6 heteroatoms. The maximum atomic E-state index is 9.94. The van der Waals surface area contributed by atoms with E-state index in [9.17, 15) is 5.11 Å². The summed E-state index contributed by atoms with van der Waals surface area (Å²) in [5.41, 5.74) is 9.32. The van der Waals surface area contributed by atoms with E-state index >= 15 is 0 Å². The zero-order chi connectivity index (χ0) is 16.8. The third-order valence-electron chi connectivity index (χ3n) is 3.45. The van der Waals surface area contributed by atoms with Crippen LogP contribution in [0.1, 0.15) is 39.2 Å². The number of nitrogens with zero attached hydrogens (tertiary/aromatic N) is 1. The molecule has 0 bridgehead atoms. The fourth-order valence-electron chi connectivity index (χ4n) is 2.56. The zero-order valence-electron chi connectivity index (χ0n) is 13.6. The van der Waals surface area contributed by atoms with Crippen LogP contribution >= 0.6 is 11.3 Å². The van der Waals surface area contributed by atoms with E-state index in [2.05, 4.69) is 19.0 Å². The zero-order valence-corrected chi connectivity index (χ0v) is 14.4. The van der Waals surface area contributed by atoms with Gasteiger partial charge >= 0.3 is 0 Å². The second-order valence-electron chi connectivity index (χ2n) is 6.27. The molecule has 5 nitrogen and oxygen atoms in total. The molecular weight excluding hydrogens is 312 g/mol. The first-order chi connectivity index (χ1) is 10.8. The maximum Gasteiger partial charge on any atom is 0.202 e. The van der Waals surface area contributed by atoms with E-state index in [1.54, 1.807) is 19.9 Å². The van der Waals surface area contributed by atoms with Gasteiger partial charge in [-0.25, -0.2) is 0 Å². The number of thiophene rings is 1. The van der Waals surface area contributed by atoms with Crippen LogP contribution in [0, 0.1) is 0 Å². The van der Waals surface area contributed by atoms with Crippen molar-refractivity contribution in [1.29, 1.82) is 0 Å². The molecule has 0 saturated heterocycles. The largest absolute Gasteiger partial charge is 0.462 e. The molecule has 0 aliphatic heterocycles. The van der Waals surface area contributed by atoms with E-state index < -0.39 is 5.79 Å². The lowest BCUT2D eigenvalue weighted by Gasteiger charge is -2.21. The van der Waals surface area contributed by atoms with Gasteiger partial charge in [0.25, 0.3) is 0 Å². The predicted molar refractivity (Wildman–Crippen MR) is 92.7 cm³/mol. The van der Waals surface area contributed by atoms with Crippen LogP contribution in [0.2, 0.25) is 0 Å². The third kappa shape index (κ3) is 2.92. The van der Waals surface area contributed by atoms with Gasteiger partial charge in [-0.15, -0.1) is 11.3 Å². The molecule has 3 N–H and O–H groups in total. The number of ether oxygens (including phenoxy) is 1. The van der Waals surface area contributed by atoms with Crippen LogP contribution in [0.5, 0.6) is 5.75 Å². The van der Waals surface area contributed by atoms with E-state index in [-0.39, 0.29) is 5.92 Å². The summed E-state index contributed by atoms with van der Waals surface area (Å²) >= 11 is 1.47. The Balaban J connectivity index is 2.17. The third-order valence-corrected chi connectivity index (χ3v) is 4.47. The number of benzene rings is 1. The minimum atomic E-state index is -1.28. The van der Waals surface area contributed by atoms with E-state index in [1.807, 2.05) is 18.2 Å². The molecule has 0 radical (unpaired) electrons. The Morgan fingerprint density at radius 3 is 2.65 bits per heavy atom. The van der Waals surface area contributed by atoms with Crippen molar-refractivity contribution >= 4 is 26.6 Å². The monoisotopic (exact) mass is 332 g/mol. The summed E-state index contributed by atoms with van der Waals surface area (Å²) in [6.45, 7) is 7.32. The number of rotatable bonds is 4. The summed E-state index contributed by atoms with van der Waals surface area (Å²) in [6, 6.07) is 7.44. The Hall–Kier alpha value is -2.05. The lowest BCUT2D eigenvalue weighted by molar-refractivity contribution is -0.104. The van der Waals surface area contributed by atoms with Crippen molar-refractivity contribution in [2.45, 2.75) is 39.4 Å². The van der Waals surface area contributed by atoms with Gasteiger partial charge in [0.05, 0.1) is 5.00 Å². The molecule has 0 aliphatic carbocycles. The Bertz CT molecular complexity index is 843. The highest BCUT2D eigenvalue weighted by atomic mass is 32.1. The first-order valence-electron chi connectivity index (χ1n) is 7.46. The first kappa shape index (κ1) is 15.8. The summed E-state index contributed by atoms with van der Waals surface area (Å²) in [7, 11) is 0. The van der Waals surface area contributed by atoms with Gasteiger partial charge in [-0.1, -0.05) is 31.1 Å². The highest BCUT2D eigenvalue weighted by Gasteiger charge is 2.24. The molecule has 0 saturated carbocycles. The minimum Gasteiger partial charge on any atom is -0.462 e. The topological polar surface area (TPSA) is 81.5 Å². The molecule has 122 valence electrons. The molecule has 0 amide bonds. The molecule has 0 atom stereocenters. The summed E-state index contributed by atoms with van der Waals surface area (Å²) in [6.07, 6.45) is 0. The molecule has 0 unspecified atom stereocenters. The van der Waals surface area contributed by atoms with Gasteiger partial charge in [-0.3, -0.25) is 0 Å². The average molecular weight is 332 g/mol. The van der Waals surface area contributed by atoms with Crippen LogP contribution in [-0.2, 0) is 0 Å². The van der Waals surface area contributed by atoms with Crippen molar-refractivity contribution in [2.75, 3.05) is 5.73 Å². The molecule has 0 aliphatic rings. The Kier molecular flexibility index (Phi) is 3.82. The van der Waals surface area contributed by atoms with Crippen LogP contribution in [0.25, 0.3) is 21.5 Å². The van der Waals surface area contributed by atoms with Crippen LogP contribution in [0.4, 0.5) is 5.00 Å². The summed E-state index contributed by atoms with van der Waals surface area (Å²) in [5, 5.41) is 14.9. The summed E-state index contributed by atoms with van der Waals surface area (Å²) < 4.78 is 12.1. The second-order valence-corrected chi connectivity index (χ2v) is 7.32. The number of para-hydroxylation sites is 1. The Morgan fingerprint density at radius 2 is 2.00 bits per heavy atom. The molecule has 3 rings (SSSR count). The number of fused-ring (bicyclic) bond motifs is 1. The van der Waals surface area contributed by atoms with Crippen LogP contribution in [-0.4, -0.2) is 16.1 Å². The summed E-state index contributed by atoms with van der Waals surface area (Å²) in [5.74, 6) is -0.475. The van der Waals surface area contributed by atoms with Crippen molar-refractivity contribution in [3.63, 3.8) is 0 Å². The number of nitrogen functional groups attached to an aromatic ring is 1. The standard InChI is InChI=1S/C17H20N2O3S/c1-9(2)12-14-15(23-16(12)18)13(19-22-14)10-7-5-6-8-11(10)21-17(3,4)20/h5-9,20H,18H2,1-4H3. The van der Waals surface area contributed by atoms with Gasteiger partial charge in [0.15, 0.2) is 5.58 Å². The molecule has 0 fully saturated rings. The van der Waals surface area contributed by atoms with E-state index in [0.717, 1.165) is 26.4 Å². The lowest BCUT2D eigenvalue weighted by Crippen LogP contribution is -2.27. The molecule has 0 spiro atoms. The maximum absolute atomic E-state index is 9.94. The smallest absolute Gasteiger partial charge is 0.202 e. The van der Waals surface area contributed by atoms with Gasteiger partial charge in [0.1, 0.15) is 16.1 Å². The average Bonchev–Trinajstić information content (AvgIpc) is 2.95. The van der Waals surface area contributed by atoms with Crippen molar-refractivity contribution in [1.82, 2.24) is 5.16 Å². The minimum absolute atomic E-state index is 0.257. The van der Waals surface area contributed by atoms with Crippen molar-refractivity contribution in [3.05, 3.63) is 29.8 Å². The normalized spacial score (nSPS) is 12.3. The van der Waals surface area contributed by atoms with E-state index in [1.165, 1.54) is 11.3 Å². The lowest BCUT2D eigenvalue weighted by atomic mass is 10.0. The van der Waals surface area contributed by atoms with Crippen molar-refractivity contribution < 1.29 is 14.4 Å². The number of anilines is 1. The fourth-order valence-corrected chi connectivity index (χ4v) is 3.71. The van der Waals surface area contributed by atoms with Gasteiger partial charge in [0, 0.05) is 25.0 Å². The number of hydrogen-bond acceptors (Lipinski definition) is 6.